The second kappa shape index (κ2) is 5.26. The first-order chi connectivity index (χ1) is 10.1. The largest absolute Gasteiger partial charge is 0.321 e. The molecule has 106 valence electrons. The topological polar surface area (TPSA) is 29.1 Å². The number of anilines is 1. The van der Waals surface area contributed by atoms with Gasteiger partial charge in [0.05, 0.1) is 4.88 Å². The summed E-state index contributed by atoms with van der Waals surface area (Å²) in [4.78, 5) is 12.7. The molecule has 1 aromatic heterocycles. The number of fused-ring (bicyclic) bond motifs is 1. The molecular formula is C16H11F2NOS. The van der Waals surface area contributed by atoms with E-state index in [0.717, 1.165) is 4.70 Å². The van der Waals surface area contributed by atoms with E-state index in [9.17, 15) is 13.6 Å². The van der Waals surface area contributed by atoms with Crippen LogP contribution < -0.4 is 5.32 Å². The molecule has 1 N–H and O–H groups in total. The monoisotopic (exact) mass is 303 g/mol. The SMILES string of the molecule is Cc1c(C(=O)Nc2ccc(F)cc2)sc2cccc(F)c12. The molecule has 0 aliphatic rings. The lowest BCUT2D eigenvalue weighted by atomic mass is 10.1. The number of hydrogen-bond acceptors (Lipinski definition) is 2. The zero-order chi connectivity index (χ0) is 15.0. The summed E-state index contributed by atoms with van der Waals surface area (Å²) in [6.07, 6.45) is 0. The molecule has 2 nitrogen and oxygen atoms in total. The number of aryl methyl sites for hydroxylation is 1. The molecule has 0 spiro atoms. The molecule has 0 aliphatic heterocycles. The van der Waals surface area contributed by atoms with Crippen LogP contribution in [0.3, 0.4) is 0 Å². The standard InChI is InChI=1S/C16H11F2NOS/c1-9-14-12(18)3-2-4-13(14)21-15(9)16(20)19-11-7-5-10(17)6-8-11/h2-8H,1H3,(H,19,20). The van der Waals surface area contributed by atoms with Gasteiger partial charge in [0.1, 0.15) is 11.6 Å². The smallest absolute Gasteiger partial charge is 0.266 e. The molecule has 0 saturated carbocycles. The second-order valence-corrected chi connectivity index (χ2v) is 5.68. The van der Waals surface area contributed by atoms with Gasteiger partial charge < -0.3 is 5.32 Å². The van der Waals surface area contributed by atoms with Crippen LogP contribution in [-0.4, -0.2) is 5.91 Å². The molecule has 3 rings (SSSR count). The van der Waals surface area contributed by atoms with Gasteiger partial charge in [-0.1, -0.05) is 6.07 Å². The van der Waals surface area contributed by atoms with Crippen molar-refractivity contribution < 1.29 is 13.6 Å². The second-order valence-electron chi connectivity index (χ2n) is 4.63. The van der Waals surface area contributed by atoms with Crippen LogP contribution in [0.5, 0.6) is 0 Å². The van der Waals surface area contributed by atoms with Crippen molar-refractivity contribution in [3.8, 4) is 0 Å². The number of carbonyl (C=O) groups excluding carboxylic acids is 1. The van der Waals surface area contributed by atoms with Crippen molar-refractivity contribution in [3.05, 3.63) is 64.5 Å². The summed E-state index contributed by atoms with van der Waals surface area (Å²) in [6.45, 7) is 1.72. The third kappa shape index (κ3) is 2.52. The Morgan fingerprint density at radius 1 is 1.10 bits per heavy atom. The molecule has 0 saturated heterocycles. The summed E-state index contributed by atoms with van der Waals surface area (Å²) in [7, 11) is 0. The maximum absolute atomic E-state index is 13.8. The Labute approximate surface area is 124 Å². The predicted molar refractivity (Wildman–Crippen MR) is 80.9 cm³/mol. The Morgan fingerprint density at radius 3 is 2.48 bits per heavy atom. The van der Waals surface area contributed by atoms with E-state index in [-0.39, 0.29) is 17.5 Å². The van der Waals surface area contributed by atoms with Crippen molar-refractivity contribution in [3.63, 3.8) is 0 Å². The lowest BCUT2D eigenvalue weighted by Gasteiger charge is -2.04. The van der Waals surface area contributed by atoms with Gasteiger partial charge in [-0.05, 0) is 48.9 Å². The van der Waals surface area contributed by atoms with E-state index in [4.69, 9.17) is 0 Å². The minimum Gasteiger partial charge on any atom is -0.321 e. The Bertz CT molecular complexity index is 824. The molecule has 0 radical (unpaired) electrons. The van der Waals surface area contributed by atoms with Crippen molar-refractivity contribution in [2.75, 3.05) is 5.32 Å². The summed E-state index contributed by atoms with van der Waals surface area (Å²) >= 11 is 1.24. The molecule has 5 heteroatoms. The van der Waals surface area contributed by atoms with Crippen molar-refractivity contribution in [2.24, 2.45) is 0 Å². The van der Waals surface area contributed by atoms with E-state index in [1.54, 1.807) is 19.1 Å². The van der Waals surface area contributed by atoms with Crippen LogP contribution in [0.1, 0.15) is 15.2 Å². The van der Waals surface area contributed by atoms with E-state index < -0.39 is 0 Å². The van der Waals surface area contributed by atoms with Gasteiger partial charge in [0.2, 0.25) is 0 Å². The number of halogens is 2. The molecule has 0 fully saturated rings. The fourth-order valence-corrected chi connectivity index (χ4v) is 3.31. The van der Waals surface area contributed by atoms with Crippen molar-refractivity contribution in [2.45, 2.75) is 6.92 Å². The average Bonchev–Trinajstić information content (AvgIpc) is 2.80. The molecule has 0 atom stereocenters. The van der Waals surface area contributed by atoms with Crippen LogP contribution >= 0.6 is 11.3 Å². The molecular weight excluding hydrogens is 292 g/mol. The number of hydrogen-bond donors (Lipinski definition) is 1. The summed E-state index contributed by atoms with van der Waals surface area (Å²) in [6, 6.07) is 10.3. The maximum atomic E-state index is 13.8. The highest BCUT2D eigenvalue weighted by atomic mass is 32.1. The van der Waals surface area contributed by atoms with E-state index in [1.165, 1.54) is 41.7 Å². The summed E-state index contributed by atoms with van der Waals surface area (Å²) < 4.78 is 27.4. The molecule has 21 heavy (non-hydrogen) atoms. The summed E-state index contributed by atoms with van der Waals surface area (Å²) in [5.74, 6) is -1.02. The third-order valence-corrected chi connectivity index (χ3v) is 4.47. The fraction of sp³-hybridized carbons (Fsp3) is 0.0625. The van der Waals surface area contributed by atoms with Crippen molar-refractivity contribution in [1.82, 2.24) is 0 Å². The highest BCUT2D eigenvalue weighted by molar-refractivity contribution is 7.21. The van der Waals surface area contributed by atoms with Gasteiger partial charge >= 0.3 is 0 Å². The highest BCUT2D eigenvalue weighted by Crippen LogP contribution is 2.33. The Kier molecular flexibility index (Phi) is 3.43. The van der Waals surface area contributed by atoms with Gasteiger partial charge in [-0.25, -0.2) is 8.78 Å². The third-order valence-electron chi connectivity index (χ3n) is 3.21. The lowest BCUT2D eigenvalue weighted by molar-refractivity contribution is 0.103. The Balaban J connectivity index is 1.96. The molecule has 2 aromatic carbocycles. The van der Waals surface area contributed by atoms with Gasteiger partial charge in [0.25, 0.3) is 5.91 Å². The summed E-state index contributed by atoms with van der Waals surface area (Å²) in [5.41, 5.74) is 1.12. The number of amides is 1. The molecule has 0 unspecified atom stereocenters. The van der Waals surface area contributed by atoms with E-state index in [2.05, 4.69) is 5.32 Å². The van der Waals surface area contributed by atoms with Crippen molar-refractivity contribution in [1.29, 1.82) is 0 Å². The van der Waals surface area contributed by atoms with Gasteiger partial charge in [-0.2, -0.15) is 0 Å². The average molecular weight is 303 g/mol. The normalized spacial score (nSPS) is 10.8. The zero-order valence-electron chi connectivity index (χ0n) is 11.1. The first kappa shape index (κ1) is 13.7. The van der Waals surface area contributed by atoms with Gasteiger partial charge in [0.15, 0.2) is 0 Å². The predicted octanol–water partition coefficient (Wildman–Crippen LogP) is 4.74. The number of nitrogens with one attached hydrogen (secondary N) is 1. The van der Waals surface area contributed by atoms with Crippen LogP contribution in [0.15, 0.2) is 42.5 Å². The van der Waals surface area contributed by atoms with Crippen LogP contribution in [0.4, 0.5) is 14.5 Å². The highest BCUT2D eigenvalue weighted by Gasteiger charge is 2.17. The van der Waals surface area contributed by atoms with Crippen LogP contribution in [0.2, 0.25) is 0 Å². The molecule has 0 bridgehead atoms. The number of thiophene rings is 1. The first-order valence-corrected chi connectivity index (χ1v) is 7.12. The van der Waals surface area contributed by atoms with E-state index >= 15 is 0 Å². The number of rotatable bonds is 2. The number of benzene rings is 2. The van der Waals surface area contributed by atoms with E-state index in [1.807, 2.05) is 0 Å². The number of carbonyl (C=O) groups is 1. The molecule has 1 amide bonds. The molecule has 3 aromatic rings. The van der Waals surface area contributed by atoms with Gasteiger partial charge in [0, 0.05) is 15.8 Å². The van der Waals surface area contributed by atoms with E-state index in [0.29, 0.717) is 21.5 Å². The lowest BCUT2D eigenvalue weighted by Crippen LogP contribution is -2.11. The van der Waals surface area contributed by atoms with Crippen LogP contribution in [0.25, 0.3) is 10.1 Å². The van der Waals surface area contributed by atoms with Gasteiger partial charge in [-0.3, -0.25) is 4.79 Å². The quantitative estimate of drug-likeness (QED) is 0.728. The van der Waals surface area contributed by atoms with Crippen LogP contribution in [0, 0.1) is 18.6 Å². The zero-order valence-corrected chi connectivity index (χ0v) is 11.9. The first-order valence-electron chi connectivity index (χ1n) is 6.31. The van der Waals surface area contributed by atoms with Gasteiger partial charge in [-0.15, -0.1) is 11.3 Å². The maximum Gasteiger partial charge on any atom is 0.266 e. The molecule has 1 heterocycles. The Morgan fingerprint density at radius 2 is 1.81 bits per heavy atom. The minimum atomic E-state index is -0.367. The minimum absolute atomic E-state index is 0.320. The van der Waals surface area contributed by atoms with Crippen LogP contribution in [-0.2, 0) is 0 Å². The summed E-state index contributed by atoms with van der Waals surface area (Å²) in [5, 5.41) is 3.17. The Hall–Kier alpha value is -2.27. The fourth-order valence-electron chi connectivity index (χ4n) is 2.19. The van der Waals surface area contributed by atoms with Crippen molar-refractivity contribution >= 4 is 33.0 Å². The molecule has 0 aliphatic carbocycles.